The van der Waals surface area contributed by atoms with Gasteiger partial charge in [0.05, 0.1) is 14.2 Å². The molecule has 0 spiro atoms. The number of piperidine rings is 1. The third kappa shape index (κ3) is 3.76. The summed E-state index contributed by atoms with van der Waals surface area (Å²) in [7, 11) is 3.01. The summed E-state index contributed by atoms with van der Waals surface area (Å²) in [5.41, 5.74) is 0.778. The van der Waals surface area contributed by atoms with Crippen LogP contribution in [0, 0.1) is 5.92 Å². The maximum atomic E-state index is 11.5. The first-order valence-electron chi connectivity index (χ1n) is 7.04. The molecule has 2 rings (SSSR count). The van der Waals surface area contributed by atoms with Crippen LogP contribution in [0.3, 0.4) is 0 Å². The van der Waals surface area contributed by atoms with Gasteiger partial charge >= 0.3 is 5.97 Å². The third-order valence-electron chi connectivity index (χ3n) is 3.71. The zero-order valence-corrected chi connectivity index (χ0v) is 12.4. The molecule has 0 atom stereocenters. The van der Waals surface area contributed by atoms with Crippen molar-refractivity contribution >= 4 is 12.0 Å². The fourth-order valence-electron chi connectivity index (χ4n) is 2.53. The van der Waals surface area contributed by atoms with Gasteiger partial charge in [-0.15, -0.1) is 0 Å². The summed E-state index contributed by atoms with van der Waals surface area (Å²) in [6, 6.07) is 3.31. The highest BCUT2D eigenvalue weighted by Gasteiger charge is 2.18. The molecule has 1 saturated heterocycles. The predicted octanol–water partition coefficient (Wildman–Crippen LogP) is 2.41. The van der Waals surface area contributed by atoms with Crippen LogP contribution >= 0.6 is 0 Å². The zero-order valence-electron chi connectivity index (χ0n) is 12.4. The van der Waals surface area contributed by atoms with E-state index in [1.807, 2.05) is 6.08 Å². The molecule has 1 heterocycles. The molecule has 0 aliphatic carbocycles. The van der Waals surface area contributed by atoms with Gasteiger partial charge in [0.2, 0.25) is 0 Å². The summed E-state index contributed by atoms with van der Waals surface area (Å²) in [6.07, 6.45) is 6.09. The van der Waals surface area contributed by atoms with E-state index in [1.54, 1.807) is 19.2 Å². The van der Waals surface area contributed by atoms with Gasteiger partial charge < -0.3 is 19.9 Å². The van der Waals surface area contributed by atoms with E-state index in [1.165, 1.54) is 7.11 Å². The highest BCUT2D eigenvalue weighted by atomic mass is 16.5. The molecule has 2 N–H and O–H groups in total. The summed E-state index contributed by atoms with van der Waals surface area (Å²) in [5, 5.41) is 12.7. The van der Waals surface area contributed by atoms with E-state index in [0.717, 1.165) is 25.9 Å². The average molecular weight is 291 g/mol. The predicted molar refractivity (Wildman–Crippen MR) is 81.1 cm³/mol. The summed E-state index contributed by atoms with van der Waals surface area (Å²) >= 11 is 0. The highest BCUT2D eigenvalue weighted by Crippen LogP contribution is 2.30. The number of benzene rings is 1. The van der Waals surface area contributed by atoms with Crippen LogP contribution < -0.4 is 14.8 Å². The Labute approximate surface area is 124 Å². The molecule has 0 radical (unpaired) electrons. The Hall–Kier alpha value is -2.01. The first-order valence-corrected chi connectivity index (χ1v) is 7.04. The normalized spacial score (nSPS) is 16.1. The lowest BCUT2D eigenvalue weighted by atomic mass is 9.96. The molecule has 1 fully saturated rings. The SMILES string of the molecule is COc1cc(/C=C/C2CCNCC2)c(C(=O)O)c(OC)c1. The van der Waals surface area contributed by atoms with E-state index in [4.69, 9.17) is 9.47 Å². The fraction of sp³-hybridized carbons (Fsp3) is 0.438. The van der Waals surface area contributed by atoms with Crippen molar-refractivity contribution < 1.29 is 19.4 Å². The van der Waals surface area contributed by atoms with Crippen molar-refractivity contribution in [2.45, 2.75) is 12.8 Å². The van der Waals surface area contributed by atoms with Gasteiger partial charge in [0, 0.05) is 6.07 Å². The van der Waals surface area contributed by atoms with Crippen molar-refractivity contribution in [3.63, 3.8) is 0 Å². The molecular weight excluding hydrogens is 270 g/mol. The van der Waals surface area contributed by atoms with Crippen molar-refractivity contribution in [1.82, 2.24) is 5.32 Å². The molecule has 5 heteroatoms. The number of hydrogen-bond donors (Lipinski definition) is 2. The van der Waals surface area contributed by atoms with Crippen molar-refractivity contribution in [1.29, 1.82) is 0 Å². The second kappa shape index (κ2) is 7.13. The summed E-state index contributed by atoms with van der Waals surface area (Å²) in [6.45, 7) is 2.00. The summed E-state index contributed by atoms with van der Waals surface area (Å²) < 4.78 is 10.4. The van der Waals surface area contributed by atoms with Gasteiger partial charge in [-0.25, -0.2) is 4.79 Å². The smallest absolute Gasteiger partial charge is 0.340 e. The largest absolute Gasteiger partial charge is 0.497 e. The van der Waals surface area contributed by atoms with Gasteiger partial charge in [0.25, 0.3) is 0 Å². The Balaban J connectivity index is 2.35. The minimum Gasteiger partial charge on any atom is -0.497 e. The van der Waals surface area contributed by atoms with Crippen molar-refractivity contribution in [3.05, 3.63) is 29.3 Å². The van der Waals surface area contributed by atoms with Gasteiger partial charge in [0.15, 0.2) is 0 Å². The maximum absolute atomic E-state index is 11.5. The Bertz CT molecular complexity index is 533. The second-order valence-corrected chi connectivity index (χ2v) is 5.05. The Morgan fingerprint density at radius 3 is 2.57 bits per heavy atom. The molecule has 5 nitrogen and oxygen atoms in total. The minimum absolute atomic E-state index is 0.170. The highest BCUT2D eigenvalue weighted by molar-refractivity contribution is 5.95. The van der Waals surface area contributed by atoms with Gasteiger partial charge in [-0.1, -0.05) is 12.2 Å². The van der Waals surface area contributed by atoms with E-state index < -0.39 is 5.97 Å². The van der Waals surface area contributed by atoms with Gasteiger partial charge in [-0.3, -0.25) is 0 Å². The third-order valence-corrected chi connectivity index (χ3v) is 3.71. The quantitative estimate of drug-likeness (QED) is 0.872. The number of nitrogens with one attached hydrogen (secondary N) is 1. The lowest BCUT2D eigenvalue weighted by Crippen LogP contribution is -2.26. The number of carbonyl (C=O) groups is 1. The number of aromatic carboxylic acids is 1. The Kier molecular flexibility index (Phi) is 5.22. The van der Waals surface area contributed by atoms with E-state index >= 15 is 0 Å². The van der Waals surface area contributed by atoms with E-state index in [2.05, 4.69) is 11.4 Å². The van der Waals surface area contributed by atoms with Crippen molar-refractivity contribution in [2.24, 2.45) is 5.92 Å². The Morgan fingerprint density at radius 1 is 1.29 bits per heavy atom. The number of hydrogen-bond acceptors (Lipinski definition) is 4. The summed E-state index contributed by atoms with van der Waals surface area (Å²) in [4.78, 5) is 11.5. The molecule has 114 valence electrons. The molecule has 1 aliphatic heterocycles. The second-order valence-electron chi connectivity index (χ2n) is 5.05. The van der Waals surface area contributed by atoms with Crippen LogP contribution in [0.2, 0.25) is 0 Å². The van der Waals surface area contributed by atoms with E-state index in [0.29, 0.717) is 23.0 Å². The van der Waals surface area contributed by atoms with Crippen LogP contribution in [-0.4, -0.2) is 38.4 Å². The van der Waals surface area contributed by atoms with Crippen LogP contribution in [0.25, 0.3) is 6.08 Å². The molecule has 0 amide bonds. The number of rotatable bonds is 5. The topological polar surface area (TPSA) is 67.8 Å². The van der Waals surface area contributed by atoms with E-state index in [-0.39, 0.29) is 5.56 Å². The van der Waals surface area contributed by atoms with Crippen LogP contribution in [0.5, 0.6) is 11.5 Å². The monoisotopic (exact) mass is 291 g/mol. The van der Waals surface area contributed by atoms with Crippen LogP contribution in [0.4, 0.5) is 0 Å². The van der Waals surface area contributed by atoms with Crippen LogP contribution in [-0.2, 0) is 0 Å². The molecule has 0 aromatic heterocycles. The molecule has 0 unspecified atom stereocenters. The van der Waals surface area contributed by atoms with E-state index in [9.17, 15) is 9.90 Å². The number of ether oxygens (including phenoxy) is 2. The zero-order chi connectivity index (χ0) is 15.2. The van der Waals surface area contributed by atoms with Crippen LogP contribution in [0.15, 0.2) is 18.2 Å². The molecule has 1 aliphatic rings. The molecule has 0 bridgehead atoms. The van der Waals surface area contributed by atoms with Crippen molar-refractivity contribution in [3.8, 4) is 11.5 Å². The first kappa shape index (κ1) is 15.4. The summed E-state index contributed by atoms with van der Waals surface area (Å²) in [5.74, 6) is 0.373. The molecule has 21 heavy (non-hydrogen) atoms. The maximum Gasteiger partial charge on any atom is 0.340 e. The Morgan fingerprint density at radius 2 is 2.00 bits per heavy atom. The fourth-order valence-corrected chi connectivity index (χ4v) is 2.53. The minimum atomic E-state index is -1.00. The van der Waals surface area contributed by atoms with Crippen molar-refractivity contribution in [2.75, 3.05) is 27.3 Å². The van der Waals surface area contributed by atoms with Crippen LogP contribution in [0.1, 0.15) is 28.8 Å². The number of allylic oxidation sites excluding steroid dienone is 1. The molecule has 1 aromatic rings. The van der Waals surface area contributed by atoms with Gasteiger partial charge in [0.1, 0.15) is 17.1 Å². The standard InChI is InChI=1S/C16H21NO4/c1-20-13-9-12(4-3-11-5-7-17-8-6-11)15(16(18)19)14(10-13)21-2/h3-4,9-11,17H,5-8H2,1-2H3,(H,18,19)/b4-3+. The molecule has 0 saturated carbocycles. The first-order chi connectivity index (χ1) is 10.2. The number of carboxylic acids is 1. The van der Waals surface area contributed by atoms with Gasteiger partial charge in [-0.2, -0.15) is 0 Å². The molecule has 1 aromatic carbocycles. The van der Waals surface area contributed by atoms with Gasteiger partial charge in [-0.05, 0) is 43.5 Å². The molecular formula is C16H21NO4. The number of carboxylic acid groups (broad SMARTS) is 1. The average Bonchev–Trinajstić information content (AvgIpc) is 2.52. The lowest BCUT2D eigenvalue weighted by Gasteiger charge is -2.19. The number of methoxy groups -OCH3 is 2. The lowest BCUT2D eigenvalue weighted by molar-refractivity contribution is 0.0693.